The second-order valence-corrected chi connectivity index (χ2v) is 11.3. The number of carbonyl (C=O) groups excluding carboxylic acids is 1. The van der Waals surface area contributed by atoms with E-state index in [1.165, 1.54) is 12.1 Å². The lowest BCUT2D eigenvalue weighted by atomic mass is 9.95. The third-order valence-corrected chi connectivity index (χ3v) is 7.31. The van der Waals surface area contributed by atoms with Crippen LogP contribution in [0.5, 0.6) is 0 Å². The average molecular weight is 527 g/mol. The summed E-state index contributed by atoms with van der Waals surface area (Å²) >= 11 is 3.35. The van der Waals surface area contributed by atoms with Gasteiger partial charge in [0.2, 0.25) is 0 Å². The van der Waals surface area contributed by atoms with E-state index in [1.54, 1.807) is 39.0 Å². The number of aliphatic imine (C=N–C) groups is 1. The molecule has 0 bridgehead atoms. The largest absolute Gasteiger partial charge is 0.455 e. The fourth-order valence-electron chi connectivity index (χ4n) is 3.42. The molecule has 2 N–H and O–H groups in total. The maximum Gasteiger partial charge on any atom is 0.354 e. The second kappa shape index (κ2) is 9.38. The van der Waals surface area contributed by atoms with E-state index in [4.69, 9.17) is 4.74 Å². The van der Waals surface area contributed by atoms with Gasteiger partial charge in [-0.2, -0.15) is 0 Å². The summed E-state index contributed by atoms with van der Waals surface area (Å²) in [6.07, 6.45) is 0. The summed E-state index contributed by atoms with van der Waals surface area (Å²) in [6, 6.07) is 8.33. The number of rotatable bonds is 6. The molecular weight excluding hydrogens is 503 g/mol. The van der Waals surface area contributed by atoms with Gasteiger partial charge in [0, 0.05) is 11.0 Å². The summed E-state index contributed by atoms with van der Waals surface area (Å²) in [5.74, 6) is -1.33. The Hall–Kier alpha value is -2.14. The molecule has 0 aliphatic carbocycles. The minimum absolute atomic E-state index is 0.0216. The first-order valence-electron chi connectivity index (χ1n) is 9.89. The number of halogens is 2. The number of esters is 1. The molecule has 2 unspecified atom stereocenters. The molecule has 7 nitrogen and oxygen atoms in total. The van der Waals surface area contributed by atoms with E-state index in [0.29, 0.717) is 15.7 Å². The van der Waals surface area contributed by atoms with Crippen LogP contribution in [0.3, 0.4) is 0 Å². The molecule has 32 heavy (non-hydrogen) atoms. The first kappa shape index (κ1) is 24.5. The highest BCUT2D eigenvalue weighted by Crippen LogP contribution is 2.42. The lowest BCUT2D eigenvalue weighted by Crippen LogP contribution is -2.51. The predicted molar refractivity (Wildman–Crippen MR) is 122 cm³/mol. The van der Waals surface area contributed by atoms with Crippen molar-refractivity contribution >= 4 is 43.1 Å². The maximum atomic E-state index is 13.7. The maximum absolute atomic E-state index is 13.7. The Balaban J connectivity index is 2.22. The minimum Gasteiger partial charge on any atom is -0.455 e. The molecule has 1 aliphatic rings. The van der Waals surface area contributed by atoms with Crippen molar-refractivity contribution in [3.63, 3.8) is 0 Å². The molecule has 0 saturated carbocycles. The van der Waals surface area contributed by atoms with Crippen molar-refractivity contribution in [3.05, 3.63) is 58.3 Å². The molecule has 0 aromatic heterocycles. The number of carbonyl (C=O) groups is 1. The van der Waals surface area contributed by atoms with Crippen LogP contribution in [-0.2, 0) is 19.4 Å². The Morgan fingerprint density at radius 2 is 1.88 bits per heavy atom. The van der Waals surface area contributed by atoms with E-state index in [9.17, 15) is 22.7 Å². The van der Waals surface area contributed by atoms with Crippen molar-refractivity contribution < 1.29 is 27.4 Å². The quantitative estimate of drug-likeness (QED) is 0.441. The lowest BCUT2D eigenvalue weighted by molar-refractivity contribution is -0.146. The van der Waals surface area contributed by atoms with Crippen molar-refractivity contribution in [2.24, 2.45) is 4.99 Å². The Bertz CT molecular complexity index is 1140. The highest BCUT2D eigenvalue weighted by atomic mass is 79.9. The lowest BCUT2D eigenvalue weighted by Gasteiger charge is -2.33. The standard InChI is InChI=1S/C22H24BrFN2O5S/c1-22(2,3)31-21(28)19-18(25-10-11-27)20(16-9-4-13(23)12-17(16)26-19)32(29,30)15-7-5-14(24)6-8-15/h4-9,12,18,20,25,27H,10-11H2,1-3H3. The fourth-order valence-corrected chi connectivity index (χ4v) is 5.70. The second-order valence-electron chi connectivity index (χ2n) is 8.28. The number of fused-ring (bicyclic) bond motifs is 1. The van der Waals surface area contributed by atoms with Gasteiger partial charge in [-0.05, 0) is 62.7 Å². The third-order valence-electron chi connectivity index (χ3n) is 4.70. The highest BCUT2D eigenvalue weighted by molar-refractivity contribution is 9.10. The summed E-state index contributed by atoms with van der Waals surface area (Å²) in [6.45, 7) is 4.83. The number of sulfone groups is 1. The summed E-state index contributed by atoms with van der Waals surface area (Å²) in [5, 5.41) is 11.0. The number of aliphatic hydroxyl groups is 1. The fraction of sp³-hybridized carbons (Fsp3) is 0.364. The van der Waals surface area contributed by atoms with Crippen LogP contribution in [0.2, 0.25) is 0 Å². The van der Waals surface area contributed by atoms with Crippen molar-refractivity contribution in [1.29, 1.82) is 0 Å². The first-order valence-corrected chi connectivity index (χ1v) is 12.2. The molecule has 1 aliphatic heterocycles. The first-order chi connectivity index (χ1) is 14.9. The molecular formula is C22H24BrFN2O5S. The van der Waals surface area contributed by atoms with Gasteiger partial charge in [0.1, 0.15) is 22.4 Å². The van der Waals surface area contributed by atoms with Crippen molar-refractivity contribution in [1.82, 2.24) is 5.32 Å². The Morgan fingerprint density at radius 3 is 2.47 bits per heavy atom. The van der Waals surface area contributed by atoms with Gasteiger partial charge in [0.25, 0.3) is 0 Å². The molecule has 0 amide bonds. The zero-order valence-corrected chi connectivity index (χ0v) is 20.2. The van der Waals surface area contributed by atoms with Gasteiger partial charge in [0.05, 0.1) is 23.2 Å². The molecule has 0 fully saturated rings. The third kappa shape index (κ3) is 5.25. The van der Waals surface area contributed by atoms with E-state index in [0.717, 1.165) is 12.1 Å². The van der Waals surface area contributed by atoms with Gasteiger partial charge in [-0.25, -0.2) is 22.6 Å². The molecule has 2 atom stereocenters. The number of benzene rings is 2. The van der Waals surface area contributed by atoms with Crippen LogP contribution in [0.25, 0.3) is 0 Å². The summed E-state index contributed by atoms with van der Waals surface area (Å²) in [7, 11) is -4.11. The Kier molecular flexibility index (Phi) is 7.18. The van der Waals surface area contributed by atoms with Gasteiger partial charge in [-0.15, -0.1) is 0 Å². The molecule has 1 heterocycles. The average Bonchev–Trinajstić information content (AvgIpc) is 2.70. The summed E-state index contributed by atoms with van der Waals surface area (Å²) in [5.41, 5.74) is -0.266. The molecule has 0 saturated heterocycles. The number of aliphatic hydroxyl groups excluding tert-OH is 1. The molecule has 3 rings (SSSR count). The SMILES string of the molecule is CC(C)(C)OC(=O)C1=Nc2cc(Br)ccc2C(S(=O)(=O)c2ccc(F)cc2)C1NCCO. The van der Waals surface area contributed by atoms with Gasteiger partial charge in [-0.3, -0.25) is 0 Å². The zero-order chi connectivity index (χ0) is 23.7. The Labute approximate surface area is 194 Å². The molecule has 10 heteroatoms. The van der Waals surface area contributed by atoms with Gasteiger partial charge in [0.15, 0.2) is 9.84 Å². The van der Waals surface area contributed by atoms with Crippen LogP contribution in [0, 0.1) is 5.82 Å². The molecule has 0 spiro atoms. The van der Waals surface area contributed by atoms with Crippen molar-refractivity contribution in [2.75, 3.05) is 13.2 Å². The zero-order valence-electron chi connectivity index (χ0n) is 17.8. The number of nitrogens with one attached hydrogen (secondary N) is 1. The van der Waals surface area contributed by atoms with Crippen molar-refractivity contribution in [3.8, 4) is 0 Å². The molecule has 0 radical (unpaired) electrons. The molecule has 2 aromatic rings. The van der Waals surface area contributed by atoms with Crippen LogP contribution in [-0.4, -0.2) is 50.0 Å². The van der Waals surface area contributed by atoms with E-state index in [1.807, 2.05) is 0 Å². The summed E-state index contributed by atoms with van der Waals surface area (Å²) in [4.78, 5) is 17.4. The van der Waals surface area contributed by atoms with Crippen LogP contribution < -0.4 is 5.32 Å². The number of hydrogen-bond acceptors (Lipinski definition) is 7. The van der Waals surface area contributed by atoms with E-state index >= 15 is 0 Å². The topological polar surface area (TPSA) is 105 Å². The van der Waals surface area contributed by atoms with Crippen molar-refractivity contribution in [2.45, 2.75) is 42.6 Å². The number of nitrogens with zero attached hydrogens (tertiary/aromatic N) is 1. The van der Waals surface area contributed by atoms with Crippen LogP contribution in [0.1, 0.15) is 31.6 Å². The summed E-state index contributed by atoms with van der Waals surface area (Å²) < 4.78 is 47.0. The normalized spacial score (nSPS) is 18.6. The Morgan fingerprint density at radius 1 is 1.22 bits per heavy atom. The molecule has 172 valence electrons. The van der Waals surface area contributed by atoms with Crippen LogP contribution >= 0.6 is 15.9 Å². The highest BCUT2D eigenvalue weighted by Gasteiger charge is 2.45. The van der Waals surface area contributed by atoms with Crippen LogP contribution in [0.4, 0.5) is 10.1 Å². The smallest absolute Gasteiger partial charge is 0.354 e. The van der Waals surface area contributed by atoms with E-state index < -0.39 is 38.5 Å². The van der Waals surface area contributed by atoms with Gasteiger partial charge in [-0.1, -0.05) is 22.0 Å². The monoisotopic (exact) mass is 526 g/mol. The predicted octanol–water partition coefficient (Wildman–Crippen LogP) is 3.48. The number of hydrogen-bond donors (Lipinski definition) is 2. The van der Waals surface area contributed by atoms with Gasteiger partial charge >= 0.3 is 5.97 Å². The van der Waals surface area contributed by atoms with Gasteiger partial charge < -0.3 is 15.2 Å². The minimum atomic E-state index is -4.11. The van der Waals surface area contributed by atoms with E-state index in [2.05, 4.69) is 26.2 Å². The van der Waals surface area contributed by atoms with E-state index in [-0.39, 0.29) is 23.8 Å². The van der Waals surface area contributed by atoms with Crippen LogP contribution in [0.15, 0.2) is 56.8 Å². The molecule has 2 aromatic carbocycles. The number of ether oxygens (including phenoxy) is 1.